The Morgan fingerprint density at radius 2 is 1.55 bits per heavy atom. The van der Waals surface area contributed by atoms with Crippen molar-refractivity contribution in [3.63, 3.8) is 0 Å². The van der Waals surface area contributed by atoms with Crippen LogP contribution in [-0.2, 0) is 6.42 Å². The molecule has 2 heterocycles. The van der Waals surface area contributed by atoms with Crippen LogP contribution in [0.15, 0.2) is 30.5 Å². The van der Waals surface area contributed by atoms with Crippen LogP contribution in [0.1, 0.15) is 101 Å². The van der Waals surface area contributed by atoms with Gasteiger partial charge in [-0.3, -0.25) is 9.78 Å². The number of carbonyl (C=O) groups is 2. The lowest BCUT2D eigenvalue weighted by Crippen LogP contribution is -2.18. The molecule has 3 fully saturated rings. The third kappa shape index (κ3) is 4.26. The number of rotatable bonds is 7. The fourth-order valence-electron chi connectivity index (χ4n) is 5.35. The van der Waals surface area contributed by atoms with E-state index in [-0.39, 0.29) is 23.4 Å². The molecule has 0 amide bonds. The molecule has 0 radical (unpaired) electrons. The summed E-state index contributed by atoms with van der Waals surface area (Å²) >= 11 is 0. The van der Waals surface area contributed by atoms with Crippen LogP contribution < -0.4 is 5.32 Å². The van der Waals surface area contributed by atoms with E-state index >= 15 is 0 Å². The van der Waals surface area contributed by atoms with Crippen molar-refractivity contribution in [1.29, 1.82) is 0 Å². The molecule has 6 heteroatoms. The first-order valence-corrected chi connectivity index (χ1v) is 11.6. The Bertz CT molecular complexity index is 976. The van der Waals surface area contributed by atoms with Crippen molar-refractivity contribution in [3.05, 3.63) is 58.7 Å². The molecule has 162 valence electrons. The van der Waals surface area contributed by atoms with Crippen LogP contribution in [0.25, 0.3) is 0 Å². The molecule has 0 spiro atoms. The molecule has 2 N–H and O–H groups in total. The van der Waals surface area contributed by atoms with Gasteiger partial charge in [-0.2, -0.15) is 0 Å². The third-order valence-electron chi connectivity index (χ3n) is 7.19. The van der Waals surface area contributed by atoms with Crippen molar-refractivity contribution in [1.82, 2.24) is 15.3 Å². The van der Waals surface area contributed by atoms with Gasteiger partial charge < -0.3 is 10.4 Å². The summed E-state index contributed by atoms with van der Waals surface area (Å²) in [6.07, 6.45) is 12.1. The average molecular weight is 420 g/mol. The Hall–Kier alpha value is -2.60. The van der Waals surface area contributed by atoms with E-state index in [0.29, 0.717) is 24.0 Å². The Labute approximate surface area is 182 Å². The number of carboxylic acid groups (broad SMARTS) is 1. The van der Waals surface area contributed by atoms with Crippen LogP contribution in [0.4, 0.5) is 0 Å². The Morgan fingerprint density at radius 1 is 0.935 bits per heavy atom. The molecule has 2 atom stereocenters. The summed E-state index contributed by atoms with van der Waals surface area (Å²) in [4.78, 5) is 33.8. The topological polar surface area (TPSA) is 102 Å². The Balaban J connectivity index is 1.30. The number of nitrogens with zero attached hydrogens (tertiary/aromatic N) is 2. The van der Waals surface area contributed by atoms with E-state index in [0.717, 1.165) is 29.8 Å². The van der Waals surface area contributed by atoms with Crippen molar-refractivity contribution in [3.8, 4) is 0 Å². The van der Waals surface area contributed by atoms with Crippen LogP contribution in [0.2, 0.25) is 0 Å². The smallest absolute Gasteiger partial charge is 0.335 e. The molecule has 2 aromatic rings. The SMILES string of the molecule is O=C(O)c1ccc(CC2NC2C(=O)c2cnc(C3CCCC3)c(C3CCCC3)n2)cc1. The molecule has 1 aromatic heterocycles. The highest BCUT2D eigenvalue weighted by atomic mass is 16.4. The molecule has 2 unspecified atom stereocenters. The van der Waals surface area contributed by atoms with Crippen LogP contribution in [-0.4, -0.2) is 38.9 Å². The van der Waals surface area contributed by atoms with Gasteiger partial charge in [0.15, 0.2) is 0 Å². The molecule has 0 bridgehead atoms. The molecular formula is C25H29N3O3. The number of carbonyl (C=O) groups excluding carboxylic acids is 1. The molecule has 5 rings (SSSR count). The predicted octanol–water partition coefficient (Wildman–Crippen LogP) is 4.26. The summed E-state index contributed by atoms with van der Waals surface area (Å²) in [5, 5.41) is 12.3. The Kier molecular flexibility index (Phi) is 5.57. The van der Waals surface area contributed by atoms with Gasteiger partial charge in [0, 0.05) is 17.9 Å². The van der Waals surface area contributed by atoms with E-state index < -0.39 is 5.97 Å². The number of aromatic carboxylic acids is 1. The first-order valence-electron chi connectivity index (χ1n) is 11.6. The van der Waals surface area contributed by atoms with E-state index in [9.17, 15) is 9.59 Å². The quantitative estimate of drug-likeness (QED) is 0.514. The van der Waals surface area contributed by atoms with Crippen molar-refractivity contribution in [2.45, 2.75) is 81.7 Å². The fraction of sp³-hybridized carbons (Fsp3) is 0.520. The number of Topliss-reactive ketones (excluding diaryl/α,β-unsaturated/α-hetero) is 1. The van der Waals surface area contributed by atoms with Crippen LogP contribution in [0.5, 0.6) is 0 Å². The zero-order valence-electron chi connectivity index (χ0n) is 17.7. The molecule has 3 aliphatic rings. The highest BCUT2D eigenvalue weighted by molar-refractivity contribution is 6.01. The van der Waals surface area contributed by atoms with Gasteiger partial charge in [0.25, 0.3) is 0 Å². The fourth-order valence-corrected chi connectivity index (χ4v) is 5.35. The van der Waals surface area contributed by atoms with Gasteiger partial charge in [-0.05, 0) is 49.8 Å². The zero-order chi connectivity index (χ0) is 21.4. The Morgan fingerprint density at radius 3 is 2.16 bits per heavy atom. The van der Waals surface area contributed by atoms with Crippen LogP contribution >= 0.6 is 0 Å². The lowest BCUT2D eigenvalue weighted by Gasteiger charge is -2.18. The maximum Gasteiger partial charge on any atom is 0.335 e. The minimum absolute atomic E-state index is 0.0249. The van der Waals surface area contributed by atoms with Gasteiger partial charge in [-0.25, -0.2) is 9.78 Å². The second-order valence-electron chi connectivity index (χ2n) is 9.31. The second-order valence-corrected chi connectivity index (χ2v) is 9.31. The maximum atomic E-state index is 13.1. The van der Waals surface area contributed by atoms with E-state index in [2.05, 4.69) is 5.32 Å². The van der Waals surface area contributed by atoms with Gasteiger partial charge in [0.2, 0.25) is 5.78 Å². The number of nitrogens with one attached hydrogen (secondary N) is 1. The summed E-state index contributed by atoms with van der Waals surface area (Å²) in [6, 6.07) is 6.69. The van der Waals surface area contributed by atoms with Crippen LogP contribution in [0.3, 0.4) is 0 Å². The molecule has 31 heavy (non-hydrogen) atoms. The van der Waals surface area contributed by atoms with Gasteiger partial charge in [-0.1, -0.05) is 37.8 Å². The van der Waals surface area contributed by atoms with Crippen molar-refractivity contribution in [2.24, 2.45) is 0 Å². The monoisotopic (exact) mass is 419 g/mol. The van der Waals surface area contributed by atoms with E-state index in [1.54, 1.807) is 18.3 Å². The van der Waals surface area contributed by atoms with Crippen LogP contribution in [0, 0.1) is 0 Å². The molecule has 2 aliphatic carbocycles. The highest BCUT2D eigenvalue weighted by Crippen LogP contribution is 2.41. The number of hydrogen-bond donors (Lipinski definition) is 2. The standard InChI is InChI=1S/C25H29N3O3/c29-24(23-19(27-23)13-15-9-11-18(12-10-15)25(30)31)20-14-26-21(16-5-1-2-6-16)22(28-20)17-7-3-4-8-17/h9-12,14,16-17,19,23,27H,1-8,13H2,(H,30,31). The highest BCUT2D eigenvalue weighted by Gasteiger charge is 2.43. The van der Waals surface area contributed by atoms with E-state index in [4.69, 9.17) is 15.1 Å². The number of ketones is 1. The zero-order valence-corrected chi connectivity index (χ0v) is 17.7. The summed E-state index contributed by atoms with van der Waals surface area (Å²) in [6.45, 7) is 0. The first-order chi connectivity index (χ1) is 15.1. The maximum absolute atomic E-state index is 13.1. The largest absolute Gasteiger partial charge is 0.478 e. The molecule has 1 aromatic carbocycles. The second kappa shape index (κ2) is 8.50. The summed E-state index contributed by atoms with van der Waals surface area (Å²) < 4.78 is 0. The predicted molar refractivity (Wildman–Crippen MR) is 117 cm³/mol. The average Bonchev–Trinajstić information content (AvgIpc) is 3.18. The number of aromatic nitrogens is 2. The van der Waals surface area contributed by atoms with E-state index in [1.165, 1.54) is 38.5 Å². The van der Waals surface area contributed by atoms with Gasteiger partial charge in [0.05, 0.1) is 29.2 Å². The minimum atomic E-state index is -0.929. The molecular weight excluding hydrogens is 390 g/mol. The first kappa shape index (κ1) is 20.3. The number of carboxylic acids is 1. The number of benzene rings is 1. The normalized spacial score (nSPS) is 23.9. The van der Waals surface area contributed by atoms with Gasteiger partial charge in [0.1, 0.15) is 5.69 Å². The van der Waals surface area contributed by atoms with Crippen molar-refractivity contribution < 1.29 is 14.7 Å². The lowest BCUT2D eigenvalue weighted by atomic mass is 9.93. The summed E-state index contributed by atoms with van der Waals surface area (Å²) in [5.41, 5.74) is 4.03. The summed E-state index contributed by atoms with van der Waals surface area (Å²) in [7, 11) is 0. The molecule has 6 nitrogen and oxygen atoms in total. The van der Waals surface area contributed by atoms with Gasteiger partial charge in [-0.15, -0.1) is 0 Å². The molecule has 1 saturated heterocycles. The van der Waals surface area contributed by atoms with Gasteiger partial charge >= 0.3 is 5.97 Å². The van der Waals surface area contributed by atoms with Crippen molar-refractivity contribution >= 4 is 11.8 Å². The number of hydrogen-bond acceptors (Lipinski definition) is 5. The third-order valence-corrected chi connectivity index (χ3v) is 7.19. The summed E-state index contributed by atoms with van der Waals surface area (Å²) in [5.74, 6) is 0.0538. The molecule has 1 aliphatic heterocycles. The van der Waals surface area contributed by atoms with Crippen molar-refractivity contribution in [2.75, 3.05) is 0 Å². The lowest BCUT2D eigenvalue weighted by molar-refractivity contribution is 0.0696. The minimum Gasteiger partial charge on any atom is -0.478 e. The van der Waals surface area contributed by atoms with E-state index in [1.807, 2.05) is 12.1 Å². The molecule has 2 saturated carbocycles.